The Morgan fingerprint density at radius 2 is 1.94 bits per heavy atom. The molecule has 1 aromatic rings. The Balaban J connectivity index is 1.94. The van der Waals surface area contributed by atoms with Crippen LogP contribution in [0.4, 0.5) is 5.69 Å². The van der Waals surface area contributed by atoms with E-state index in [1.807, 2.05) is 18.0 Å². The van der Waals surface area contributed by atoms with Gasteiger partial charge in [0.15, 0.2) is 0 Å². The van der Waals surface area contributed by atoms with Crippen molar-refractivity contribution in [3.05, 3.63) is 30.3 Å². The minimum absolute atomic E-state index is 0.201. The summed E-state index contributed by atoms with van der Waals surface area (Å²) in [6.07, 6.45) is 1.03. The van der Waals surface area contributed by atoms with Crippen molar-refractivity contribution in [1.82, 2.24) is 10.2 Å². The molecule has 0 saturated carbocycles. The number of benzene rings is 1. The van der Waals surface area contributed by atoms with Crippen LogP contribution in [0.1, 0.15) is 6.42 Å². The molecule has 0 spiro atoms. The third kappa shape index (κ3) is 3.23. The first-order valence-corrected chi connectivity index (χ1v) is 6.53. The van der Waals surface area contributed by atoms with Gasteiger partial charge in [-0.1, -0.05) is 18.2 Å². The van der Waals surface area contributed by atoms with Crippen molar-refractivity contribution in [1.29, 1.82) is 0 Å². The van der Waals surface area contributed by atoms with Gasteiger partial charge in [0.25, 0.3) is 0 Å². The fourth-order valence-corrected chi connectivity index (χ4v) is 2.33. The normalized spacial score (nSPS) is 16.5. The molecule has 0 atom stereocenters. The number of carbonyl (C=O) groups excluding carboxylic acids is 1. The van der Waals surface area contributed by atoms with Crippen LogP contribution in [0, 0.1) is 0 Å². The zero-order valence-electron chi connectivity index (χ0n) is 10.9. The van der Waals surface area contributed by atoms with Gasteiger partial charge in [0.1, 0.15) is 0 Å². The molecule has 0 aromatic heterocycles. The maximum Gasteiger partial charge on any atom is 0.236 e. The number of nitrogens with zero attached hydrogens (tertiary/aromatic N) is 2. The second kappa shape index (κ2) is 6.40. The molecule has 1 N–H and O–H groups in total. The number of amides is 1. The zero-order chi connectivity index (χ0) is 12.8. The van der Waals surface area contributed by atoms with E-state index >= 15 is 0 Å². The summed E-state index contributed by atoms with van der Waals surface area (Å²) >= 11 is 0. The number of anilines is 1. The monoisotopic (exact) mass is 247 g/mol. The van der Waals surface area contributed by atoms with Gasteiger partial charge in [0.05, 0.1) is 6.54 Å². The number of likely N-dealkylation sites (N-methyl/N-ethyl adjacent to an activating group) is 1. The molecule has 1 fully saturated rings. The number of rotatable bonds is 3. The average molecular weight is 247 g/mol. The van der Waals surface area contributed by atoms with Crippen LogP contribution in [0.15, 0.2) is 30.3 Å². The van der Waals surface area contributed by atoms with E-state index in [1.165, 1.54) is 5.69 Å². The summed E-state index contributed by atoms with van der Waals surface area (Å²) in [6, 6.07) is 10.4. The summed E-state index contributed by atoms with van der Waals surface area (Å²) in [4.78, 5) is 16.2. The predicted molar refractivity (Wildman–Crippen MR) is 73.8 cm³/mol. The number of carbonyl (C=O) groups is 1. The quantitative estimate of drug-likeness (QED) is 0.863. The fourth-order valence-electron chi connectivity index (χ4n) is 2.33. The summed E-state index contributed by atoms with van der Waals surface area (Å²) in [5.74, 6) is 0.201. The summed E-state index contributed by atoms with van der Waals surface area (Å²) in [6.45, 7) is 4.05. The van der Waals surface area contributed by atoms with Crippen LogP contribution < -0.4 is 10.2 Å². The van der Waals surface area contributed by atoms with E-state index in [0.29, 0.717) is 6.54 Å². The van der Waals surface area contributed by atoms with Crippen LogP contribution in [0.25, 0.3) is 0 Å². The molecule has 1 aromatic carbocycles. The van der Waals surface area contributed by atoms with Crippen LogP contribution in [0.2, 0.25) is 0 Å². The van der Waals surface area contributed by atoms with Crippen LogP contribution in [-0.2, 0) is 4.79 Å². The lowest BCUT2D eigenvalue weighted by Gasteiger charge is -2.23. The average Bonchev–Trinajstić information content (AvgIpc) is 2.66. The molecule has 0 radical (unpaired) electrons. The maximum atomic E-state index is 11.8. The predicted octanol–water partition coefficient (Wildman–Crippen LogP) is 0.945. The molecule has 1 amide bonds. The summed E-state index contributed by atoms with van der Waals surface area (Å²) < 4.78 is 0. The zero-order valence-corrected chi connectivity index (χ0v) is 10.9. The van der Waals surface area contributed by atoms with Gasteiger partial charge in [-0.15, -0.1) is 0 Å². The van der Waals surface area contributed by atoms with E-state index in [9.17, 15) is 4.79 Å². The standard InChI is InChI=1S/C14H21N3O/c1-15-12-14(18)17-9-5-8-16(10-11-17)13-6-3-2-4-7-13/h2-4,6-7,15H,5,8-12H2,1H3. The van der Waals surface area contributed by atoms with Crippen molar-refractivity contribution >= 4 is 11.6 Å². The highest BCUT2D eigenvalue weighted by molar-refractivity contribution is 5.78. The second-order valence-electron chi connectivity index (χ2n) is 4.59. The van der Waals surface area contributed by atoms with Crippen LogP contribution in [0.5, 0.6) is 0 Å². The number of nitrogens with one attached hydrogen (secondary N) is 1. The number of hydrogen-bond donors (Lipinski definition) is 1. The molecule has 1 aliphatic rings. The first-order chi connectivity index (χ1) is 8.81. The van der Waals surface area contributed by atoms with E-state index in [2.05, 4.69) is 34.5 Å². The molecule has 98 valence electrons. The van der Waals surface area contributed by atoms with Crippen molar-refractivity contribution in [2.75, 3.05) is 44.7 Å². The van der Waals surface area contributed by atoms with Gasteiger partial charge in [-0.3, -0.25) is 4.79 Å². The van der Waals surface area contributed by atoms with E-state index < -0.39 is 0 Å². The van der Waals surface area contributed by atoms with Crippen molar-refractivity contribution in [2.45, 2.75) is 6.42 Å². The first kappa shape index (κ1) is 12.9. The molecular weight excluding hydrogens is 226 g/mol. The largest absolute Gasteiger partial charge is 0.370 e. The lowest BCUT2D eigenvalue weighted by Crippen LogP contribution is -2.39. The second-order valence-corrected chi connectivity index (χ2v) is 4.59. The van der Waals surface area contributed by atoms with Gasteiger partial charge in [-0.05, 0) is 25.6 Å². The van der Waals surface area contributed by atoms with Gasteiger partial charge < -0.3 is 15.1 Å². The smallest absolute Gasteiger partial charge is 0.236 e. The Hall–Kier alpha value is -1.55. The van der Waals surface area contributed by atoms with Gasteiger partial charge in [-0.25, -0.2) is 0 Å². The SMILES string of the molecule is CNCC(=O)N1CCCN(c2ccccc2)CC1. The van der Waals surface area contributed by atoms with E-state index in [0.717, 1.165) is 32.6 Å². The first-order valence-electron chi connectivity index (χ1n) is 6.53. The molecule has 1 saturated heterocycles. The minimum Gasteiger partial charge on any atom is -0.370 e. The molecule has 4 heteroatoms. The molecule has 0 bridgehead atoms. The van der Waals surface area contributed by atoms with Crippen molar-refractivity contribution in [3.63, 3.8) is 0 Å². The Bertz CT molecular complexity index is 380. The van der Waals surface area contributed by atoms with Crippen molar-refractivity contribution in [2.24, 2.45) is 0 Å². The van der Waals surface area contributed by atoms with Crippen molar-refractivity contribution in [3.8, 4) is 0 Å². The third-order valence-corrected chi connectivity index (χ3v) is 3.30. The van der Waals surface area contributed by atoms with Gasteiger partial charge in [-0.2, -0.15) is 0 Å². The Morgan fingerprint density at radius 3 is 2.67 bits per heavy atom. The lowest BCUT2D eigenvalue weighted by atomic mass is 10.3. The van der Waals surface area contributed by atoms with Crippen LogP contribution in [-0.4, -0.2) is 50.6 Å². The number of para-hydroxylation sites is 1. The molecule has 0 aliphatic carbocycles. The highest BCUT2D eigenvalue weighted by atomic mass is 16.2. The molecule has 0 unspecified atom stereocenters. The van der Waals surface area contributed by atoms with Gasteiger partial charge >= 0.3 is 0 Å². The topological polar surface area (TPSA) is 35.6 Å². The Morgan fingerprint density at radius 1 is 1.17 bits per heavy atom. The highest BCUT2D eigenvalue weighted by Crippen LogP contribution is 2.15. The molecular formula is C14H21N3O. The minimum atomic E-state index is 0.201. The summed E-state index contributed by atoms with van der Waals surface area (Å²) in [5, 5.41) is 2.92. The third-order valence-electron chi connectivity index (χ3n) is 3.30. The van der Waals surface area contributed by atoms with E-state index in [4.69, 9.17) is 0 Å². The molecule has 18 heavy (non-hydrogen) atoms. The molecule has 1 heterocycles. The number of hydrogen-bond acceptors (Lipinski definition) is 3. The van der Waals surface area contributed by atoms with Crippen LogP contribution in [0.3, 0.4) is 0 Å². The van der Waals surface area contributed by atoms with Gasteiger partial charge in [0, 0.05) is 31.9 Å². The van der Waals surface area contributed by atoms with Gasteiger partial charge in [0.2, 0.25) is 5.91 Å². The van der Waals surface area contributed by atoms with Crippen molar-refractivity contribution < 1.29 is 4.79 Å². The molecule has 1 aliphatic heterocycles. The maximum absolute atomic E-state index is 11.8. The Kier molecular flexibility index (Phi) is 4.59. The Labute approximate surface area is 109 Å². The fraction of sp³-hybridized carbons (Fsp3) is 0.500. The summed E-state index contributed by atoms with van der Waals surface area (Å²) in [7, 11) is 1.81. The molecule has 2 rings (SSSR count). The van der Waals surface area contributed by atoms with E-state index in [-0.39, 0.29) is 5.91 Å². The highest BCUT2D eigenvalue weighted by Gasteiger charge is 2.18. The van der Waals surface area contributed by atoms with Crippen LogP contribution >= 0.6 is 0 Å². The van der Waals surface area contributed by atoms with E-state index in [1.54, 1.807) is 0 Å². The molecule has 4 nitrogen and oxygen atoms in total. The summed E-state index contributed by atoms with van der Waals surface area (Å²) in [5.41, 5.74) is 1.25. The lowest BCUT2D eigenvalue weighted by molar-refractivity contribution is -0.129.